The Bertz CT molecular complexity index is 1320. The summed E-state index contributed by atoms with van der Waals surface area (Å²) in [5.41, 5.74) is 2.15. The van der Waals surface area contributed by atoms with E-state index in [0.717, 1.165) is 51.4 Å². The summed E-state index contributed by atoms with van der Waals surface area (Å²) in [4.78, 5) is 20.4. The molecule has 2 aliphatic rings. The molecule has 3 heterocycles. The van der Waals surface area contributed by atoms with Gasteiger partial charge < -0.3 is 15.2 Å². The van der Waals surface area contributed by atoms with Crippen LogP contribution >= 0.6 is 11.3 Å². The van der Waals surface area contributed by atoms with Crippen molar-refractivity contribution in [2.75, 3.05) is 19.0 Å². The number of aliphatic hydroxyl groups excluding tert-OH is 1. The van der Waals surface area contributed by atoms with Gasteiger partial charge in [0.2, 0.25) is 0 Å². The number of ether oxygens (including phenoxy) is 1. The summed E-state index contributed by atoms with van der Waals surface area (Å²) in [6.07, 6.45) is 2.83. The highest BCUT2D eigenvalue weighted by atomic mass is 32.1. The maximum absolute atomic E-state index is 15.2. The molecular formula is C25H28FN5O2S. The topological polar surface area (TPSA) is 92.0 Å². The summed E-state index contributed by atoms with van der Waals surface area (Å²) in [6.45, 7) is 6.03. The monoisotopic (exact) mass is 481 g/mol. The van der Waals surface area contributed by atoms with Crippen LogP contribution in [0.25, 0.3) is 20.7 Å². The minimum absolute atomic E-state index is 0.119. The minimum Gasteiger partial charge on any atom is -0.494 e. The molecule has 0 saturated heterocycles. The molecule has 3 aromatic rings. The molecule has 1 unspecified atom stereocenters. The molecule has 9 heteroatoms. The van der Waals surface area contributed by atoms with Crippen molar-refractivity contribution in [2.45, 2.75) is 52.1 Å². The predicted octanol–water partition coefficient (Wildman–Crippen LogP) is 5.00. The van der Waals surface area contributed by atoms with E-state index in [9.17, 15) is 5.11 Å². The van der Waals surface area contributed by atoms with Crippen molar-refractivity contribution in [2.24, 2.45) is 15.9 Å². The quantitative estimate of drug-likeness (QED) is 0.517. The molecule has 0 bridgehead atoms. The Labute approximate surface area is 201 Å². The number of thiophene rings is 1. The summed E-state index contributed by atoms with van der Waals surface area (Å²) < 4.78 is 20.4. The second kappa shape index (κ2) is 9.03. The van der Waals surface area contributed by atoms with Gasteiger partial charge in [0.25, 0.3) is 0 Å². The van der Waals surface area contributed by atoms with Crippen molar-refractivity contribution in [3.05, 3.63) is 35.4 Å². The first-order valence-corrected chi connectivity index (χ1v) is 12.4. The molecule has 3 atom stereocenters. The number of rotatable bonds is 6. The molecular weight excluding hydrogens is 453 g/mol. The summed E-state index contributed by atoms with van der Waals surface area (Å²) in [6, 6.07) is 5.26. The van der Waals surface area contributed by atoms with Gasteiger partial charge in [-0.2, -0.15) is 0 Å². The number of aromatic nitrogens is 2. The van der Waals surface area contributed by atoms with Crippen LogP contribution in [0, 0.1) is 18.7 Å². The third-order valence-electron chi connectivity index (χ3n) is 6.65. The average molecular weight is 482 g/mol. The number of aliphatic hydroxyl groups is 1. The number of hydrogen-bond donors (Lipinski definition) is 2. The Morgan fingerprint density at radius 3 is 2.74 bits per heavy atom. The molecule has 2 N–H and O–H groups in total. The molecule has 5 rings (SSSR count). The first-order valence-electron chi connectivity index (χ1n) is 11.5. The van der Waals surface area contributed by atoms with Crippen LogP contribution in [0.15, 0.2) is 28.2 Å². The van der Waals surface area contributed by atoms with E-state index in [1.165, 1.54) is 18.4 Å². The summed E-state index contributed by atoms with van der Waals surface area (Å²) in [5.74, 6) is 2.10. The zero-order chi connectivity index (χ0) is 24.0. The van der Waals surface area contributed by atoms with Crippen LogP contribution in [-0.2, 0) is 0 Å². The molecule has 34 heavy (non-hydrogen) atoms. The number of halogens is 1. The summed E-state index contributed by atoms with van der Waals surface area (Å²) in [7, 11) is 1.47. The van der Waals surface area contributed by atoms with Crippen molar-refractivity contribution < 1.29 is 14.2 Å². The lowest BCUT2D eigenvalue weighted by Gasteiger charge is -2.16. The second-order valence-electron chi connectivity index (χ2n) is 9.01. The number of fused-ring (bicyclic) bond motifs is 1. The first kappa shape index (κ1) is 22.9. The highest BCUT2D eigenvalue weighted by molar-refractivity contribution is 7.22. The van der Waals surface area contributed by atoms with Crippen LogP contribution in [-0.4, -0.2) is 52.4 Å². The first-order chi connectivity index (χ1) is 16.4. The van der Waals surface area contributed by atoms with E-state index in [1.54, 1.807) is 18.2 Å². The van der Waals surface area contributed by atoms with Gasteiger partial charge in [0.05, 0.1) is 18.5 Å². The number of amidine groups is 1. The highest BCUT2D eigenvalue weighted by Crippen LogP contribution is 2.43. The van der Waals surface area contributed by atoms with Crippen LogP contribution in [0.3, 0.4) is 0 Å². The molecule has 2 aromatic heterocycles. The van der Waals surface area contributed by atoms with E-state index in [4.69, 9.17) is 14.7 Å². The molecule has 1 aromatic carbocycles. The van der Waals surface area contributed by atoms with Gasteiger partial charge in [0.1, 0.15) is 22.2 Å². The third kappa shape index (κ3) is 3.96. The number of benzene rings is 1. The molecule has 0 radical (unpaired) electrons. The summed E-state index contributed by atoms with van der Waals surface area (Å²) >= 11 is 1.44. The number of anilines is 1. The normalized spacial score (nSPS) is 22.2. The SMILES string of the molecule is COc1cccc(-c2sc3nc(C4=NC(C)=NC4C)nc(N[C@@H]4CC[C@H](CO)C4)c3c2C)c1F. The van der Waals surface area contributed by atoms with E-state index in [-0.39, 0.29) is 30.3 Å². The van der Waals surface area contributed by atoms with Gasteiger partial charge in [-0.3, -0.25) is 4.99 Å². The van der Waals surface area contributed by atoms with E-state index in [1.807, 2.05) is 20.8 Å². The van der Waals surface area contributed by atoms with E-state index in [0.29, 0.717) is 23.1 Å². The zero-order valence-electron chi connectivity index (χ0n) is 19.7. The van der Waals surface area contributed by atoms with Gasteiger partial charge in [-0.25, -0.2) is 19.4 Å². The van der Waals surface area contributed by atoms with Crippen molar-refractivity contribution in [1.29, 1.82) is 0 Å². The van der Waals surface area contributed by atoms with E-state index >= 15 is 4.39 Å². The molecule has 1 saturated carbocycles. The Hall–Kier alpha value is -2.91. The maximum Gasteiger partial charge on any atom is 0.179 e. The number of aryl methyl sites for hydroxylation is 1. The van der Waals surface area contributed by atoms with Crippen molar-refractivity contribution >= 4 is 38.9 Å². The molecule has 1 fully saturated rings. The molecule has 1 aliphatic carbocycles. The number of methoxy groups -OCH3 is 1. The average Bonchev–Trinajstić information content (AvgIpc) is 3.51. The highest BCUT2D eigenvalue weighted by Gasteiger charge is 2.28. The number of aliphatic imine (C=N–C) groups is 2. The van der Waals surface area contributed by atoms with Gasteiger partial charge in [-0.05, 0) is 57.6 Å². The lowest BCUT2D eigenvalue weighted by atomic mass is 10.1. The van der Waals surface area contributed by atoms with Gasteiger partial charge >= 0.3 is 0 Å². The smallest absolute Gasteiger partial charge is 0.179 e. The van der Waals surface area contributed by atoms with Gasteiger partial charge in [0.15, 0.2) is 17.4 Å². The van der Waals surface area contributed by atoms with Crippen molar-refractivity contribution in [3.8, 4) is 16.2 Å². The minimum atomic E-state index is -0.387. The van der Waals surface area contributed by atoms with Crippen LogP contribution in [0.5, 0.6) is 5.75 Å². The van der Waals surface area contributed by atoms with Crippen LogP contribution < -0.4 is 10.1 Å². The third-order valence-corrected chi connectivity index (χ3v) is 7.86. The predicted molar refractivity (Wildman–Crippen MR) is 135 cm³/mol. The van der Waals surface area contributed by atoms with Gasteiger partial charge in [0, 0.05) is 23.1 Å². The van der Waals surface area contributed by atoms with E-state index < -0.39 is 0 Å². The van der Waals surface area contributed by atoms with Crippen LogP contribution in [0.2, 0.25) is 0 Å². The number of hydrogen-bond acceptors (Lipinski definition) is 8. The number of nitrogens with zero attached hydrogens (tertiary/aromatic N) is 4. The fraction of sp³-hybridized carbons (Fsp3) is 0.440. The zero-order valence-corrected chi connectivity index (χ0v) is 20.5. The fourth-order valence-corrected chi connectivity index (χ4v) is 6.10. The van der Waals surface area contributed by atoms with Crippen LogP contribution in [0.4, 0.5) is 10.2 Å². The molecule has 1 aliphatic heterocycles. The largest absolute Gasteiger partial charge is 0.494 e. The van der Waals surface area contributed by atoms with Crippen molar-refractivity contribution in [3.63, 3.8) is 0 Å². The maximum atomic E-state index is 15.2. The van der Waals surface area contributed by atoms with Gasteiger partial charge in [-0.15, -0.1) is 11.3 Å². The lowest BCUT2D eigenvalue weighted by Crippen LogP contribution is -2.21. The van der Waals surface area contributed by atoms with Crippen LogP contribution in [0.1, 0.15) is 44.5 Å². The fourth-order valence-electron chi connectivity index (χ4n) is 4.90. The van der Waals surface area contributed by atoms with Crippen molar-refractivity contribution in [1.82, 2.24) is 9.97 Å². The molecule has 7 nitrogen and oxygen atoms in total. The van der Waals surface area contributed by atoms with Gasteiger partial charge in [-0.1, -0.05) is 12.1 Å². The number of nitrogens with one attached hydrogen (secondary N) is 1. The Kier molecular flexibility index (Phi) is 6.07. The Morgan fingerprint density at radius 2 is 2.06 bits per heavy atom. The summed E-state index contributed by atoms with van der Waals surface area (Å²) in [5, 5.41) is 14.1. The van der Waals surface area contributed by atoms with E-state index in [2.05, 4.69) is 15.3 Å². The second-order valence-corrected chi connectivity index (χ2v) is 10.0. The molecule has 0 spiro atoms. The Balaban J connectivity index is 1.65. The standard InChI is InChI=1S/C25H28FN5O2S/c1-12-19-23(29-16-9-8-15(10-16)11-32)30-24(21-13(2)27-14(3)28-21)31-25(19)34-22(12)17-6-5-7-18(33-4)20(17)26/h5-7,13,15-16,32H,8-11H2,1-4H3,(H,29,30,31)/t13?,15-,16+/m0/s1. The Morgan fingerprint density at radius 1 is 1.24 bits per heavy atom. The lowest BCUT2D eigenvalue weighted by molar-refractivity contribution is 0.229. The molecule has 0 amide bonds. The molecule has 178 valence electrons.